The highest BCUT2D eigenvalue weighted by Gasteiger charge is 2.06. The molecule has 84 valence electrons. The van der Waals surface area contributed by atoms with Gasteiger partial charge in [0.05, 0.1) is 17.2 Å². The van der Waals surface area contributed by atoms with Crippen LogP contribution in [0.25, 0.3) is 11.3 Å². The van der Waals surface area contributed by atoms with Crippen molar-refractivity contribution in [1.29, 1.82) is 0 Å². The van der Waals surface area contributed by atoms with Crippen LogP contribution in [0.3, 0.4) is 0 Å². The van der Waals surface area contributed by atoms with E-state index in [9.17, 15) is 4.39 Å². The molecule has 0 radical (unpaired) electrons. The average Bonchev–Trinajstić information content (AvgIpc) is 2.71. The molecule has 0 spiro atoms. The summed E-state index contributed by atoms with van der Waals surface area (Å²) in [6.07, 6.45) is 1.75. The van der Waals surface area contributed by atoms with E-state index >= 15 is 0 Å². The summed E-state index contributed by atoms with van der Waals surface area (Å²) < 4.78 is 15.4. The Labute approximate surface area is 100 Å². The van der Waals surface area contributed by atoms with Crippen LogP contribution in [0, 0.1) is 5.82 Å². The van der Waals surface area contributed by atoms with E-state index in [1.807, 2.05) is 0 Å². The fourth-order valence-electron chi connectivity index (χ4n) is 1.33. The predicted octanol–water partition coefficient (Wildman–Crippen LogP) is 1.81. The summed E-state index contributed by atoms with van der Waals surface area (Å²) >= 11 is 3.10. The summed E-state index contributed by atoms with van der Waals surface area (Å²) in [4.78, 5) is 0. The molecule has 0 aliphatic rings. The summed E-state index contributed by atoms with van der Waals surface area (Å²) in [6, 6.07) is 4.84. The minimum Gasteiger partial charge on any atom is -0.329 e. The van der Waals surface area contributed by atoms with Gasteiger partial charge in [0.25, 0.3) is 0 Å². The number of hydrogen-bond donors (Lipinski definition) is 1. The Bertz CT molecular complexity index is 497. The van der Waals surface area contributed by atoms with Gasteiger partial charge in [-0.15, -0.1) is 5.10 Å². The lowest BCUT2D eigenvalue weighted by molar-refractivity contribution is 0.598. The zero-order valence-corrected chi connectivity index (χ0v) is 9.98. The lowest BCUT2D eigenvalue weighted by Crippen LogP contribution is -2.10. The molecule has 1 aromatic heterocycles. The molecule has 2 rings (SSSR count). The van der Waals surface area contributed by atoms with E-state index in [0.29, 0.717) is 28.8 Å². The lowest BCUT2D eigenvalue weighted by Gasteiger charge is -1.98. The molecule has 2 N–H and O–H groups in total. The smallest absolute Gasteiger partial charge is 0.138 e. The minimum absolute atomic E-state index is 0.314. The fourth-order valence-corrected chi connectivity index (χ4v) is 1.57. The summed E-state index contributed by atoms with van der Waals surface area (Å²) in [5.41, 5.74) is 6.73. The van der Waals surface area contributed by atoms with Gasteiger partial charge in [0.15, 0.2) is 0 Å². The summed E-state index contributed by atoms with van der Waals surface area (Å²) in [5, 5.41) is 7.84. The predicted molar refractivity (Wildman–Crippen MR) is 62.2 cm³/mol. The van der Waals surface area contributed by atoms with Crippen LogP contribution in [-0.2, 0) is 6.54 Å². The standard InChI is InChI=1S/C10H10BrFN4/c11-8-2-1-7(5-9(8)12)10-6-16(4-3-13)15-14-10/h1-2,5-6H,3-4,13H2. The third-order valence-corrected chi connectivity index (χ3v) is 2.76. The molecule has 1 aromatic carbocycles. The van der Waals surface area contributed by atoms with Crippen LogP contribution in [-0.4, -0.2) is 21.5 Å². The van der Waals surface area contributed by atoms with E-state index in [4.69, 9.17) is 5.73 Å². The molecule has 6 heteroatoms. The van der Waals surface area contributed by atoms with E-state index in [1.165, 1.54) is 6.07 Å². The van der Waals surface area contributed by atoms with Crippen LogP contribution < -0.4 is 5.73 Å². The number of hydrogen-bond acceptors (Lipinski definition) is 3. The highest BCUT2D eigenvalue weighted by molar-refractivity contribution is 9.10. The zero-order chi connectivity index (χ0) is 11.5. The SMILES string of the molecule is NCCn1cc(-c2ccc(Br)c(F)c2)nn1. The van der Waals surface area contributed by atoms with Gasteiger partial charge in [-0.1, -0.05) is 11.3 Å². The van der Waals surface area contributed by atoms with E-state index in [-0.39, 0.29) is 5.82 Å². The number of halogens is 2. The Hall–Kier alpha value is -1.27. The first-order valence-corrected chi connectivity index (χ1v) is 5.55. The van der Waals surface area contributed by atoms with Crippen LogP contribution in [0.1, 0.15) is 0 Å². The topological polar surface area (TPSA) is 56.7 Å². The largest absolute Gasteiger partial charge is 0.329 e. The van der Waals surface area contributed by atoms with Crippen molar-refractivity contribution in [2.45, 2.75) is 6.54 Å². The van der Waals surface area contributed by atoms with Crippen molar-refractivity contribution in [3.8, 4) is 11.3 Å². The maximum Gasteiger partial charge on any atom is 0.138 e. The highest BCUT2D eigenvalue weighted by atomic mass is 79.9. The Balaban J connectivity index is 2.31. The third-order valence-electron chi connectivity index (χ3n) is 2.11. The molecule has 0 saturated heterocycles. The fraction of sp³-hybridized carbons (Fsp3) is 0.200. The maximum absolute atomic E-state index is 13.3. The van der Waals surface area contributed by atoms with Gasteiger partial charge >= 0.3 is 0 Å². The van der Waals surface area contributed by atoms with Gasteiger partial charge in [-0.3, -0.25) is 4.68 Å². The third kappa shape index (κ3) is 2.28. The van der Waals surface area contributed by atoms with Crippen molar-refractivity contribution in [3.05, 3.63) is 34.7 Å². The zero-order valence-electron chi connectivity index (χ0n) is 8.40. The molecule has 0 aliphatic heterocycles. The molecular formula is C10H10BrFN4. The molecule has 0 aliphatic carbocycles. The molecule has 16 heavy (non-hydrogen) atoms. The summed E-state index contributed by atoms with van der Waals surface area (Å²) in [7, 11) is 0. The Morgan fingerprint density at radius 3 is 2.94 bits per heavy atom. The van der Waals surface area contributed by atoms with Crippen molar-refractivity contribution < 1.29 is 4.39 Å². The molecular weight excluding hydrogens is 275 g/mol. The number of aromatic nitrogens is 3. The average molecular weight is 285 g/mol. The van der Waals surface area contributed by atoms with Gasteiger partial charge in [-0.2, -0.15) is 0 Å². The lowest BCUT2D eigenvalue weighted by atomic mass is 10.2. The Morgan fingerprint density at radius 1 is 1.44 bits per heavy atom. The molecule has 0 amide bonds. The first kappa shape index (κ1) is 11.2. The number of benzene rings is 1. The first-order valence-electron chi connectivity index (χ1n) is 4.76. The minimum atomic E-state index is -0.314. The quantitative estimate of drug-likeness (QED) is 0.935. The number of nitrogens with zero attached hydrogens (tertiary/aromatic N) is 3. The molecule has 0 atom stereocenters. The summed E-state index contributed by atoms with van der Waals surface area (Å²) in [5.74, 6) is -0.314. The summed E-state index contributed by atoms with van der Waals surface area (Å²) in [6.45, 7) is 1.10. The maximum atomic E-state index is 13.3. The van der Waals surface area contributed by atoms with Crippen LogP contribution in [0.2, 0.25) is 0 Å². The van der Waals surface area contributed by atoms with Gasteiger partial charge in [-0.25, -0.2) is 4.39 Å². The Morgan fingerprint density at radius 2 is 2.25 bits per heavy atom. The second kappa shape index (κ2) is 4.71. The van der Waals surface area contributed by atoms with Crippen molar-refractivity contribution in [2.75, 3.05) is 6.54 Å². The van der Waals surface area contributed by atoms with Crippen molar-refractivity contribution in [2.24, 2.45) is 5.73 Å². The van der Waals surface area contributed by atoms with Crippen LogP contribution in [0.4, 0.5) is 4.39 Å². The monoisotopic (exact) mass is 284 g/mol. The molecule has 0 unspecified atom stereocenters. The van der Waals surface area contributed by atoms with Gasteiger partial charge in [0.1, 0.15) is 11.5 Å². The number of rotatable bonds is 3. The number of nitrogens with two attached hydrogens (primary N) is 1. The second-order valence-corrected chi connectivity index (χ2v) is 4.14. The molecule has 4 nitrogen and oxygen atoms in total. The van der Waals surface area contributed by atoms with E-state index in [1.54, 1.807) is 23.0 Å². The van der Waals surface area contributed by atoms with E-state index in [2.05, 4.69) is 26.2 Å². The normalized spacial score (nSPS) is 10.7. The molecule has 0 bridgehead atoms. The highest BCUT2D eigenvalue weighted by Crippen LogP contribution is 2.22. The van der Waals surface area contributed by atoms with Gasteiger partial charge in [0.2, 0.25) is 0 Å². The molecule has 2 aromatic rings. The van der Waals surface area contributed by atoms with Crippen molar-refractivity contribution in [3.63, 3.8) is 0 Å². The Kier molecular flexibility index (Phi) is 3.31. The van der Waals surface area contributed by atoms with Crippen LogP contribution >= 0.6 is 15.9 Å². The van der Waals surface area contributed by atoms with Crippen LogP contribution in [0.5, 0.6) is 0 Å². The van der Waals surface area contributed by atoms with E-state index < -0.39 is 0 Å². The first-order chi connectivity index (χ1) is 7.70. The molecule has 0 saturated carbocycles. The second-order valence-electron chi connectivity index (χ2n) is 3.28. The van der Waals surface area contributed by atoms with Gasteiger partial charge in [-0.05, 0) is 28.1 Å². The van der Waals surface area contributed by atoms with E-state index in [0.717, 1.165) is 0 Å². The molecule has 0 fully saturated rings. The van der Waals surface area contributed by atoms with Gasteiger partial charge in [0, 0.05) is 12.1 Å². The van der Waals surface area contributed by atoms with Crippen LogP contribution in [0.15, 0.2) is 28.9 Å². The van der Waals surface area contributed by atoms with Crippen molar-refractivity contribution in [1.82, 2.24) is 15.0 Å². The van der Waals surface area contributed by atoms with Gasteiger partial charge < -0.3 is 5.73 Å². The van der Waals surface area contributed by atoms with Crippen molar-refractivity contribution >= 4 is 15.9 Å². The molecule has 1 heterocycles.